The van der Waals surface area contributed by atoms with E-state index < -0.39 is 5.60 Å². The van der Waals surface area contributed by atoms with Gasteiger partial charge in [0.2, 0.25) is 0 Å². The molecule has 0 amide bonds. The highest BCUT2D eigenvalue weighted by Gasteiger charge is 2.53. The third-order valence-electron chi connectivity index (χ3n) is 7.00. The van der Waals surface area contributed by atoms with Crippen molar-refractivity contribution in [1.82, 2.24) is 0 Å². The molecule has 2 heterocycles. The smallest absolute Gasteiger partial charge is 0.340 e. The number of benzene rings is 4. The van der Waals surface area contributed by atoms with Crippen molar-refractivity contribution in [2.45, 2.75) is 19.4 Å². The summed E-state index contributed by atoms with van der Waals surface area (Å²) in [6, 6.07) is 26.0. The zero-order chi connectivity index (χ0) is 24.3. The summed E-state index contributed by atoms with van der Waals surface area (Å²) in [5.74, 6) is 1.05. The number of carbonyl (C=O) groups excluding carboxylic acids is 1. The van der Waals surface area contributed by atoms with E-state index in [1.807, 2.05) is 74.8 Å². The van der Waals surface area contributed by atoms with Crippen molar-refractivity contribution in [3.63, 3.8) is 0 Å². The monoisotopic (exact) mass is 462 g/mol. The molecule has 4 aromatic rings. The Bertz CT molecular complexity index is 1490. The van der Waals surface area contributed by atoms with E-state index in [0.29, 0.717) is 17.1 Å². The number of hydrogen-bond acceptors (Lipinski definition) is 5. The molecule has 1 unspecified atom stereocenters. The Labute approximate surface area is 204 Å². The van der Waals surface area contributed by atoms with Crippen molar-refractivity contribution in [3.8, 4) is 11.5 Å². The van der Waals surface area contributed by atoms with Gasteiger partial charge in [0.1, 0.15) is 11.5 Å². The van der Waals surface area contributed by atoms with Gasteiger partial charge in [-0.2, -0.15) is 0 Å². The minimum atomic E-state index is -1.04. The second-order valence-corrected chi connectivity index (χ2v) is 9.43. The maximum absolute atomic E-state index is 13.0. The summed E-state index contributed by atoms with van der Waals surface area (Å²) >= 11 is 0. The third kappa shape index (κ3) is 3.19. The van der Waals surface area contributed by atoms with E-state index in [-0.39, 0.29) is 5.97 Å². The van der Waals surface area contributed by atoms with Crippen molar-refractivity contribution in [3.05, 3.63) is 112 Å². The summed E-state index contributed by atoms with van der Waals surface area (Å²) in [6.45, 7) is 4.13. The van der Waals surface area contributed by atoms with Crippen LogP contribution in [0.15, 0.2) is 78.9 Å². The molecular weight excluding hydrogens is 436 g/mol. The van der Waals surface area contributed by atoms with Gasteiger partial charge in [-0.3, -0.25) is 0 Å². The molecule has 6 rings (SSSR count). The first kappa shape index (κ1) is 21.3. The Kier molecular flexibility index (Phi) is 4.65. The summed E-state index contributed by atoms with van der Waals surface area (Å²) in [5, 5.41) is 3.47. The highest BCUT2D eigenvalue weighted by atomic mass is 16.6. The third-order valence-corrected chi connectivity index (χ3v) is 7.00. The molecule has 1 atom stereocenters. The minimum absolute atomic E-state index is 0.319. The standard InChI is InChI=1S/C30H26N2O3/c1-18-15-26-27(16-19(18)2)34-28-17-21(31-20-9-12-22(13-10-20)32(3)4)11-14-25(28)30(26)24-8-6-5-7-23(24)29(33)35-30/h5-17,31H,1-4H3. The topological polar surface area (TPSA) is 50.8 Å². The van der Waals surface area contributed by atoms with Crippen LogP contribution in [-0.4, -0.2) is 20.1 Å². The highest BCUT2D eigenvalue weighted by Crippen LogP contribution is 2.56. The molecule has 1 N–H and O–H groups in total. The maximum Gasteiger partial charge on any atom is 0.340 e. The molecule has 1 spiro atoms. The van der Waals surface area contributed by atoms with Crippen LogP contribution >= 0.6 is 0 Å². The molecule has 174 valence electrons. The largest absolute Gasteiger partial charge is 0.456 e. The van der Waals surface area contributed by atoms with Crippen molar-refractivity contribution < 1.29 is 14.3 Å². The average Bonchev–Trinajstić information content (AvgIpc) is 3.14. The number of nitrogens with zero attached hydrogens (tertiary/aromatic N) is 1. The first-order chi connectivity index (χ1) is 16.9. The van der Waals surface area contributed by atoms with Gasteiger partial charge in [-0.15, -0.1) is 0 Å². The fourth-order valence-electron chi connectivity index (χ4n) is 5.02. The van der Waals surface area contributed by atoms with Crippen LogP contribution in [0.1, 0.15) is 38.2 Å². The predicted octanol–water partition coefficient (Wildman–Crippen LogP) is 6.68. The summed E-state index contributed by atoms with van der Waals surface area (Å²) < 4.78 is 12.7. The molecule has 0 aromatic heterocycles. The lowest BCUT2D eigenvalue weighted by molar-refractivity contribution is 0.0224. The Hall–Kier alpha value is -4.25. The quantitative estimate of drug-likeness (QED) is 0.344. The number of esters is 1. The molecule has 4 aromatic carbocycles. The summed E-state index contributed by atoms with van der Waals surface area (Å²) in [7, 11) is 4.04. The lowest BCUT2D eigenvalue weighted by atomic mass is 9.77. The number of anilines is 3. The zero-order valence-electron chi connectivity index (χ0n) is 20.2. The van der Waals surface area contributed by atoms with E-state index in [0.717, 1.165) is 44.9 Å². The van der Waals surface area contributed by atoms with Gasteiger partial charge in [0, 0.05) is 53.9 Å². The molecule has 0 saturated heterocycles. The van der Waals surface area contributed by atoms with Crippen LogP contribution in [-0.2, 0) is 10.3 Å². The van der Waals surface area contributed by atoms with Gasteiger partial charge >= 0.3 is 5.97 Å². The number of fused-ring (bicyclic) bond motifs is 6. The molecule has 5 heteroatoms. The fourth-order valence-corrected chi connectivity index (χ4v) is 5.02. The summed E-state index contributed by atoms with van der Waals surface area (Å²) in [6.07, 6.45) is 0. The van der Waals surface area contributed by atoms with Crippen LogP contribution in [0.3, 0.4) is 0 Å². The SMILES string of the molecule is Cc1cc2c(cc1C)C1(OC(=O)c3ccccc31)c1ccc(Nc3ccc(N(C)C)cc3)cc1O2. The Balaban J connectivity index is 1.49. The number of aryl methyl sites for hydroxylation is 2. The van der Waals surface area contributed by atoms with Crippen molar-refractivity contribution >= 4 is 23.0 Å². The first-order valence-corrected chi connectivity index (χ1v) is 11.7. The Morgan fingerprint density at radius 2 is 1.43 bits per heavy atom. The molecule has 0 aliphatic carbocycles. The van der Waals surface area contributed by atoms with E-state index in [9.17, 15) is 4.79 Å². The van der Waals surface area contributed by atoms with Crippen LogP contribution in [0.25, 0.3) is 0 Å². The molecular formula is C30H26N2O3. The second-order valence-electron chi connectivity index (χ2n) is 9.43. The van der Waals surface area contributed by atoms with Crippen LogP contribution < -0.4 is 15.0 Å². The summed E-state index contributed by atoms with van der Waals surface area (Å²) in [4.78, 5) is 15.1. The Morgan fingerprint density at radius 3 is 2.20 bits per heavy atom. The van der Waals surface area contributed by atoms with Gasteiger partial charge in [-0.25, -0.2) is 4.79 Å². The average molecular weight is 463 g/mol. The molecule has 0 bridgehead atoms. The zero-order valence-corrected chi connectivity index (χ0v) is 20.2. The van der Waals surface area contributed by atoms with E-state index >= 15 is 0 Å². The number of ether oxygens (including phenoxy) is 2. The molecule has 0 fully saturated rings. The van der Waals surface area contributed by atoms with Crippen LogP contribution in [0.4, 0.5) is 17.1 Å². The maximum atomic E-state index is 13.0. The van der Waals surface area contributed by atoms with Crippen LogP contribution in [0.2, 0.25) is 0 Å². The van der Waals surface area contributed by atoms with Crippen LogP contribution in [0, 0.1) is 13.8 Å². The Morgan fingerprint density at radius 1 is 0.743 bits per heavy atom. The van der Waals surface area contributed by atoms with Gasteiger partial charge in [-0.05, 0) is 79.6 Å². The van der Waals surface area contributed by atoms with Gasteiger partial charge in [0.25, 0.3) is 0 Å². The molecule has 2 aliphatic rings. The molecule has 2 aliphatic heterocycles. The minimum Gasteiger partial charge on any atom is -0.456 e. The van der Waals surface area contributed by atoms with Crippen molar-refractivity contribution in [1.29, 1.82) is 0 Å². The number of nitrogens with one attached hydrogen (secondary N) is 1. The number of carbonyl (C=O) groups is 1. The number of rotatable bonds is 3. The molecule has 35 heavy (non-hydrogen) atoms. The fraction of sp³-hybridized carbons (Fsp3) is 0.167. The van der Waals surface area contributed by atoms with Gasteiger partial charge in [0.05, 0.1) is 5.56 Å². The molecule has 0 saturated carbocycles. The van der Waals surface area contributed by atoms with E-state index in [1.165, 1.54) is 0 Å². The van der Waals surface area contributed by atoms with E-state index in [1.54, 1.807) is 0 Å². The van der Waals surface area contributed by atoms with E-state index in [2.05, 4.69) is 42.3 Å². The predicted molar refractivity (Wildman–Crippen MR) is 138 cm³/mol. The van der Waals surface area contributed by atoms with Gasteiger partial charge < -0.3 is 19.7 Å². The van der Waals surface area contributed by atoms with Crippen molar-refractivity contribution in [2.24, 2.45) is 0 Å². The molecule has 5 nitrogen and oxygen atoms in total. The van der Waals surface area contributed by atoms with Crippen molar-refractivity contribution in [2.75, 3.05) is 24.3 Å². The highest BCUT2D eigenvalue weighted by molar-refractivity contribution is 5.97. The lowest BCUT2D eigenvalue weighted by Crippen LogP contribution is -2.33. The van der Waals surface area contributed by atoms with Gasteiger partial charge in [0.15, 0.2) is 5.60 Å². The second kappa shape index (κ2) is 7.64. The lowest BCUT2D eigenvalue weighted by Gasteiger charge is -2.37. The van der Waals surface area contributed by atoms with E-state index in [4.69, 9.17) is 9.47 Å². The van der Waals surface area contributed by atoms with Crippen LogP contribution in [0.5, 0.6) is 11.5 Å². The molecule has 0 radical (unpaired) electrons. The summed E-state index contributed by atoms with van der Waals surface area (Å²) in [5.41, 5.74) is 7.31. The normalized spacial score (nSPS) is 17.2. The first-order valence-electron chi connectivity index (χ1n) is 11.7. The number of hydrogen-bond donors (Lipinski definition) is 1. The van der Waals surface area contributed by atoms with Gasteiger partial charge in [-0.1, -0.05) is 18.2 Å².